The Kier molecular flexibility index (Phi) is 6.07. The van der Waals surface area contributed by atoms with Crippen molar-refractivity contribution in [3.8, 4) is 5.75 Å². The molecule has 12 heteroatoms. The molecule has 2 N–H and O–H groups in total. The molecule has 0 saturated heterocycles. The van der Waals surface area contributed by atoms with Crippen molar-refractivity contribution in [2.45, 2.75) is 42.7 Å². The topological polar surface area (TPSA) is 77.6 Å². The first-order chi connectivity index (χ1) is 15.8. The number of hydrogen-bond acceptors (Lipinski definition) is 6. The van der Waals surface area contributed by atoms with Crippen LogP contribution in [-0.4, -0.2) is 39.9 Å². The summed E-state index contributed by atoms with van der Waals surface area (Å²) in [5, 5.41) is -0.0468. The average Bonchev–Trinajstić information content (AvgIpc) is 3.50. The average molecular weight is 503 g/mol. The molecule has 182 valence electrons. The molecule has 1 fully saturated rings. The van der Waals surface area contributed by atoms with Gasteiger partial charge in [-0.1, -0.05) is 17.8 Å². The number of hydrogen-bond donors (Lipinski definition) is 1. The summed E-state index contributed by atoms with van der Waals surface area (Å²) < 4.78 is 82.1. The van der Waals surface area contributed by atoms with E-state index < -0.39 is 47.0 Å². The zero-order chi connectivity index (χ0) is 24.9. The Morgan fingerprint density at radius 1 is 1.29 bits per heavy atom. The van der Waals surface area contributed by atoms with Gasteiger partial charge in [-0.05, 0) is 43.2 Å². The van der Waals surface area contributed by atoms with Crippen molar-refractivity contribution in [3.63, 3.8) is 0 Å². The van der Waals surface area contributed by atoms with Gasteiger partial charge in [0.15, 0.2) is 17.6 Å². The molecule has 0 radical (unpaired) electrons. The second-order valence-corrected chi connectivity index (χ2v) is 9.79. The van der Waals surface area contributed by atoms with Crippen molar-refractivity contribution in [2.75, 3.05) is 6.61 Å². The Morgan fingerprint density at radius 2 is 2.03 bits per heavy atom. The van der Waals surface area contributed by atoms with Crippen molar-refractivity contribution < 1.29 is 35.9 Å². The highest BCUT2D eigenvalue weighted by atomic mass is 32.2. The van der Waals surface area contributed by atoms with Crippen LogP contribution in [0.3, 0.4) is 0 Å². The summed E-state index contributed by atoms with van der Waals surface area (Å²) >= 11 is 0.812. The molecule has 1 saturated carbocycles. The summed E-state index contributed by atoms with van der Waals surface area (Å²) in [5.41, 5.74) is 4.94. The fraction of sp³-hybridized carbons (Fsp3) is 0.409. The van der Waals surface area contributed by atoms with Crippen LogP contribution in [0.15, 0.2) is 41.5 Å². The van der Waals surface area contributed by atoms with Crippen LogP contribution in [0.4, 0.5) is 26.3 Å². The summed E-state index contributed by atoms with van der Waals surface area (Å²) in [5.74, 6) is -1.89. The standard InChI is InChI=1S/C22H19F6N3O2S/c1-20(17-8-21(17,18(24)25)34-19(29)31-20)13-6-11(2-4-14(13)23)7-16(32)15-5-3-12(9-30-15)33-10-22(26,27)28/h2-6,9,17-18H,7-8,10H2,1H3,(H2,29,31)/t17-,20+,21-/m0/s1. The number of alkyl halides is 5. The molecule has 1 aromatic heterocycles. The molecular formula is C22H19F6N3O2S. The second kappa shape index (κ2) is 8.47. The van der Waals surface area contributed by atoms with Gasteiger partial charge in [0.05, 0.1) is 16.5 Å². The number of fused-ring (bicyclic) bond motifs is 1. The molecule has 1 aliphatic carbocycles. The third-order valence-electron chi connectivity index (χ3n) is 6.00. The lowest BCUT2D eigenvalue weighted by molar-refractivity contribution is -0.153. The molecule has 0 bridgehead atoms. The van der Waals surface area contributed by atoms with Gasteiger partial charge < -0.3 is 10.5 Å². The molecule has 2 aliphatic rings. The molecule has 0 amide bonds. The number of aromatic nitrogens is 1. The number of nitrogens with two attached hydrogens (primary N) is 1. The van der Waals surface area contributed by atoms with Gasteiger partial charge in [0.1, 0.15) is 17.3 Å². The number of thioether (sulfide) groups is 1. The quantitative estimate of drug-likeness (QED) is 0.430. The molecule has 34 heavy (non-hydrogen) atoms. The highest BCUT2D eigenvalue weighted by Gasteiger charge is 2.71. The Bertz CT molecular complexity index is 1140. The van der Waals surface area contributed by atoms with Crippen LogP contribution >= 0.6 is 11.8 Å². The van der Waals surface area contributed by atoms with Gasteiger partial charge >= 0.3 is 6.18 Å². The number of ketones is 1. The van der Waals surface area contributed by atoms with Crippen LogP contribution in [-0.2, 0) is 12.0 Å². The molecule has 0 unspecified atom stereocenters. The minimum absolute atomic E-state index is 0.0216. The van der Waals surface area contributed by atoms with Gasteiger partial charge in [-0.15, -0.1) is 0 Å². The second-order valence-electron chi connectivity index (χ2n) is 8.41. The van der Waals surface area contributed by atoms with Crippen LogP contribution in [0.2, 0.25) is 0 Å². The van der Waals surface area contributed by atoms with Gasteiger partial charge in [-0.2, -0.15) is 13.2 Å². The van der Waals surface area contributed by atoms with Crippen molar-refractivity contribution in [2.24, 2.45) is 16.6 Å². The number of rotatable bonds is 7. The highest BCUT2D eigenvalue weighted by molar-refractivity contribution is 8.15. The van der Waals surface area contributed by atoms with E-state index in [0.29, 0.717) is 5.56 Å². The Balaban J connectivity index is 1.53. The van der Waals surface area contributed by atoms with E-state index in [-0.39, 0.29) is 35.0 Å². The largest absolute Gasteiger partial charge is 0.483 e. The fourth-order valence-electron chi connectivity index (χ4n) is 4.25. The van der Waals surface area contributed by atoms with E-state index in [9.17, 15) is 31.1 Å². The van der Waals surface area contributed by atoms with Gasteiger partial charge in [-0.25, -0.2) is 18.2 Å². The molecule has 1 aromatic carbocycles. The molecule has 4 rings (SSSR count). The number of carbonyl (C=O) groups is 1. The smallest absolute Gasteiger partial charge is 0.422 e. The van der Waals surface area contributed by atoms with Crippen LogP contribution < -0.4 is 10.5 Å². The first-order valence-corrected chi connectivity index (χ1v) is 11.0. The predicted octanol–water partition coefficient (Wildman–Crippen LogP) is 4.89. The maximum atomic E-state index is 14.8. The number of ether oxygens (including phenoxy) is 1. The molecule has 0 spiro atoms. The van der Waals surface area contributed by atoms with Crippen molar-refractivity contribution >= 4 is 22.7 Å². The zero-order valence-electron chi connectivity index (χ0n) is 17.7. The van der Waals surface area contributed by atoms with E-state index in [1.807, 2.05) is 0 Å². The molecule has 1 aliphatic heterocycles. The Morgan fingerprint density at radius 3 is 2.65 bits per heavy atom. The van der Waals surface area contributed by atoms with E-state index in [1.165, 1.54) is 24.3 Å². The van der Waals surface area contributed by atoms with Crippen LogP contribution in [0.5, 0.6) is 5.75 Å². The Labute approximate surface area is 194 Å². The number of carbonyl (C=O) groups excluding carboxylic acids is 1. The van der Waals surface area contributed by atoms with Crippen LogP contribution in [0.25, 0.3) is 0 Å². The SMILES string of the molecule is C[C@]1(c2cc(CC(=O)c3ccc(OCC(F)(F)F)cn3)ccc2F)N=C(N)S[C@@]2(C(F)F)C[C@@H]12. The number of nitrogens with zero attached hydrogens (tertiary/aromatic N) is 2. The van der Waals surface area contributed by atoms with Crippen LogP contribution in [0, 0.1) is 11.7 Å². The monoisotopic (exact) mass is 503 g/mol. The van der Waals surface area contributed by atoms with E-state index in [4.69, 9.17) is 5.73 Å². The summed E-state index contributed by atoms with van der Waals surface area (Å²) in [6.45, 7) is 0.0675. The third-order valence-corrected chi connectivity index (χ3v) is 7.31. The molecule has 2 aromatic rings. The molecular weight excluding hydrogens is 484 g/mol. The minimum atomic E-state index is -4.51. The summed E-state index contributed by atoms with van der Waals surface area (Å²) in [6.07, 6.45) is -6.22. The summed E-state index contributed by atoms with van der Waals surface area (Å²) in [6, 6.07) is 6.36. The summed E-state index contributed by atoms with van der Waals surface area (Å²) in [7, 11) is 0. The number of Topliss-reactive ketones (excluding diaryl/α,β-unsaturated/α-hetero) is 1. The van der Waals surface area contributed by atoms with Gasteiger partial charge in [-0.3, -0.25) is 9.79 Å². The van der Waals surface area contributed by atoms with E-state index in [2.05, 4.69) is 14.7 Å². The lowest BCUT2D eigenvalue weighted by atomic mass is 9.84. The first kappa shape index (κ1) is 24.4. The Hall–Kier alpha value is -2.76. The van der Waals surface area contributed by atoms with Gasteiger partial charge in [0.2, 0.25) is 0 Å². The zero-order valence-corrected chi connectivity index (χ0v) is 18.5. The molecule has 5 nitrogen and oxygen atoms in total. The number of benzene rings is 1. The maximum Gasteiger partial charge on any atom is 0.422 e. The maximum absolute atomic E-state index is 14.8. The third kappa shape index (κ3) is 4.59. The lowest BCUT2D eigenvalue weighted by Gasteiger charge is -2.34. The minimum Gasteiger partial charge on any atom is -0.483 e. The number of aliphatic imine (C=N–C) groups is 1. The first-order valence-electron chi connectivity index (χ1n) is 10.1. The van der Waals surface area contributed by atoms with Crippen LogP contribution in [0.1, 0.15) is 35.0 Å². The number of pyridine rings is 1. The lowest BCUT2D eigenvalue weighted by Crippen LogP contribution is -2.39. The summed E-state index contributed by atoms with van der Waals surface area (Å²) in [4.78, 5) is 20.8. The van der Waals surface area contributed by atoms with E-state index >= 15 is 0 Å². The van der Waals surface area contributed by atoms with Crippen molar-refractivity contribution in [1.82, 2.24) is 4.98 Å². The fourth-order valence-corrected chi connectivity index (χ4v) is 5.58. The predicted molar refractivity (Wildman–Crippen MR) is 114 cm³/mol. The number of halogens is 6. The van der Waals surface area contributed by atoms with Gasteiger partial charge in [0, 0.05) is 17.9 Å². The van der Waals surface area contributed by atoms with Crippen molar-refractivity contribution in [1.29, 1.82) is 0 Å². The normalized spacial score (nSPS) is 26.1. The number of amidine groups is 1. The molecule has 2 heterocycles. The van der Waals surface area contributed by atoms with E-state index in [1.54, 1.807) is 6.92 Å². The van der Waals surface area contributed by atoms with E-state index in [0.717, 1.165) is 24.0 Å². The highest BCUT2D eigenvalue weighted by Crippen LogP contribution is 2.68. The van der Waals surface area contributed by atoms with Gasteiger partial charge in [0.25, 0.3) is 6.43 Å². The van der Waals surface area contributed by atoms with Crippen molar-refractivity contribution in [3.05, 3.63) is 59.2 Å². The molecule has 3 atom stereocenters.